The molecule has 1 aliphatic rings. The number of thioether (sulfide) groups is 1. The Bertz CT molecular complexity index is 707. The number of aliphatic imine (C=N–C) groups is 1. The summed E-state index contributed by atoms with van der Waals surface area (Å²) in [5.41, 5.74) is 8.46. The van der Waals surface area contributed by atoms with Gasteiger partial charge < -0.3 is 11.1 Å². The average Bonchev–Trinajstić information content (AvgIpc) is 3.12. The van der Waals surface area contributed by atoms with Gasteiger partial charge in [0.1, 0.15) is 0 Å². The number of nitrogens with one attached hydrogen (secondary N) is 1. The lowest BCUT2D eigenvalue weighted by molar-refractivity contribution is 0.617. The molecule has 4 nitrogen and oxygen atoms in total. The number of nitrogens with zero attached hydrogens (tertiary/aromatic N) is 2. The highest BCUT2D eigenvalue weighted by molar-refractivity contribution is 8.00. The van der Waals surface area contributed by atoms with Crippen LogP contribution in [-0.4, -0.2) is 28.8 Å². The fourth-order valence-electron chi connectivity index (χ4n) is 3.32. The summed E-state index contributed by atoms with van der Waals surface area (Å²) < 4.78 is 0.183. The van der Waals surface area contributed by atoms with Crippen molar-refractivity contribution in [3.05, 3.63) is 59.9 Å². The van der Waals surface area contributed by atoms with Gasteiger partial charge in [0.15, 0.2) is 5.96 Å². The van der Waals surface area contributed by atoms with Gasteiger partial charge in [-0.1, -0.05) is 36.6 Å². The normalized spacial score (nSPS) is 16.6. The van der Waals surface area contributed by atoms with E-state index >= 15 is 0 Å². The Balaban J connectivity index is 1.53. The number of pyridine rings is 1. The average molecular weight is 369 g/mol. The van der Waals surface area contributed by atoms with Crippen molar-refractivity contribution < 1.29 is 0 Å². The minimum absolute atomic E-state index is 0.183. The van der Waals surface area contributed by atoms with Crippen molar-refractivity contribution in [3.8, 4) is 0 Å². The van der Waals surface area contributed by atoms with Gasteiger partial charge in [-0.15, -0.1) is 11.8 Å². The largest absolute Gasteiger partial charge is 0.370 e. The quantitative estimate of drug-likeness (QED) is 0.574. The van der Waals surface area contributed by atoms with Crippen molar-refractivity contribution in [2.75, 3.05) is 13.1 Å². The van der Waals surface area contributed by atoms with E-state index in [0.29, 0.717) is 5.96 Å². The van der Waals surface area contributed by atoms with E-state index in [1.807, 2.05) is 36.2 Å². The standard InChI is InChI=1S/C21H28N4S/c1-17-7-9-19(10-8-17)26-21(12-3-4-13-21)16-25-20(22)24-15-11-18-6-2-5-14-23-18/h2,5-10,14H,3-4,11-13,15-16H2,1H3,(H3,22,24,25). The van der Waals surface area contributed by atoms with Crippen LogP contribution in [0, 0.1) is 6.92 Å². The third-order valence-electron chi connectivity index (χ3n) is 4.82. The lowest BCUT2D eigenvalue weighted by atomic mass is 10.1. The molecule has 3 N–H and O–H groups in total. The number of guanidine groups is 1. The van der Waals surface area contributed by atoms with E-state index in [1.54, 1.807) is 0 Å². The van der Waals surface area contributed by atoms with Crippen LogP contribution in [0.25, 0.3) is 0 Å². The van der Waals surface area contributed by atoms with Crippen molar-refractivity contribution in [3.63, 3.8) is 0 Å². The molecular formula is C21H28N4S. The van der Waals surface area contributed by atoms with E-state index in [2.05, 4.69) is 46.5 Å². The molecule has 3 rings (SSSR count). The highest BCUT2D eigenvalue weighted by Gasteiger charge is 2.34. The Morgan fingerprint density at radius 3 is 2.65 bits per heavy atom. The van der Waals surface area contributed by atoms with Crippen LogP contribution in [-0.2, 0) is 6.42 Å². The molecular weight excluding hydrogens is 340 g/mol. The molecule has 0 bridgehead atoms. The molecule has 5 heteroatoms. The lowest BCUT2D eigenvalue weighted by Gasteiger charge is -2.26. The van der Waals surface area contributed by atoms with E-state index in [0.717, 1.165) is 25.2 Å². The van der Waals surface area contributed by atoms with Gasteiger partial charge in [0.05, 0.1) is 6.54 Å². The second kappa shape index (κ2) is 9.08. The van der Waals surface area contributed by atoms with E-state index < -0.39 is 0 Å². The number of aryl methyl sites for hydroxylation is 1. The molecule has 1 aromatic heterocycles. The first-order valence-electron chi connectivity index (χ1n) is 9.35. The molecule has 0 unspecified atom stereocenters. The molecule has 26 heavy (non-hydrogen) atoms. The molecule has 1 aliphatic carbocycles. The van der Waals surface area contributed by atoms with Crippen molar-refractivity contribution in [1.29, 1.82) is 0 Å². The summed E-state index contributed by atoms with van der Waals surface area (Å²) in [6.45, 7) is 3.65. The Kier molecular flexibility index (Phi) is 6.56. The van der Waals surface area contributed by atoms with Crippen molar-refractivity contribution in [1.82, 2.24) is 10.3 Å². The van der Waals surface area contributed by atoms with Crippen LogP contribution in [0.4, 0.5) is 0 Å². The number of aromatic nitrogens is 1. The predicted molar refractivity (Wildman–Crippen MR) is 111 cm³/mol. The van der Waals surface area contributed by atoms with Gasteiger partial charge in [-0.05, 0) is 44.0 Å². The maximum atomic E-state index is 6.10. The smallest absolute Gasteiger partial charge is 0.188 e. The lowest BCUT2D eigenvalue weighted by Crippen LogP contribution is -2.35. The van der Waals surface area contributed by atoms with E-state index in [9.17, 15) is 0 Å². The summed E-state index contributed by atoms with van der Waals surface area (Å²) in [6, 6.07) is 14.8. The van der Waals surface area contributed by atoms with Crippen LogP contribution in [0.1, 0.15) is 36.9 Å². The highest BCUT2D eigenvalue weighted by atomic mass is 32.2. The zero-order valence-corrected chi connectivity index (χ0v) is 16.3. The number of benzene rings is 1. The summed E-state index contributed by atoms with van der Waals surface area (Å²) in [6.07, 6.45) is 7.63. The molecule has 1 saturated carbocycles. The topological polar surface area (TPSA) is 63.3 Å². The fraction of sp³-hybridized carbons (Fsp3) is 0.429. The Morgan fingerprint density at radius 2 is 1.96 bits per heavy atom. The zero-order chi connectivity index (χ0) is 18.2. The number of rotatable bonds is 7. The fourth-order valence-corrected chi connectivity index (χ4v) is 4.71. The van der Waals surface area contributed by atoms with Crippen LogP contribution in [0.5, 0.6) is 0 Å². The maximum Gasteiger partial charge on any atom is 0.188 e. The summed E-state index contributed by atoms with van der Waals surface area (Å²) in [7, 11) is 0. The molecule has 0 amide bonds. The maximum absolute atomic E-state index is 6.10. The van der Waals surface area contributed by atoms with Crippen molar-refractivity contribution in [2.24, 2.45) is 10.7 Å². The first kappa shape index (κ1) is 18.8. The zero-order valence-electron chi connectivity index (χ0n) is 15.4. The summed E-state index contributed by atoms with van der Waals surface area (Å²) >= 11 is 1.97. The summed E-state index contributed by atoms with van der Waals surface area (Å²) in [5.74, 6) is 0.539. The van der Waals surface area contributed by atoms with Gasteiger partial charge in [0.25, 0.3) is 0 Å². The van der Waals surface area contributed by atoms with Crippen molar-refractivity contribution in [2.45, 2.75) is 48.7 Å². The Morgan fingerprint density at radius 1 is 1.19 bits per heavy atom. The van der Waals surface area contributed by atoms with Gasteiger partial charge in [-0.25, -0.2) is 0 Å². The monoisotopic (exact) mass is 368 g/mol. The molecule has 1 heterocycles. The molecule has 0 radical (unpaired) electrons. The minimum Gasteiger partial charge on any atom is -0.370 e. The van der Waals surface area contributed by atoms with Crippen LogP contribution in [0.2, 0.25) is 0 Å². The van der Waals surface area contributed by atoms with Gasteiger partial charge >= 0.3 is 0 Å². The Hall–Kier alpha value is -2.01. The van der Waals surface area contributed by atoms with Crippen LogP contribution < -0.4 is 11.1 Å². The van der Waals surface area contributed by atoms with E-state index in [4.69, 9.17) is 5.73 Å². The first-order valence-corrected chi connectivity index (χ1v) is 10.2. The number of hydrogen-bond donors (Lipinski definition) is 2. The predicted octanol–water partition coefficient (Wildman–Crippen LogP) is 3.94. The minimum atomic E-state index is 0.183. The summed E-state index contributed by atoms with van der Waals surface area (Å²) in [4.78, 5) is 10.3. The van der Waals surface area contributed by atoms with Crippen molar-refractivity contribution >= 4 is 17.7 Å². The second-order valence-electron chi connectivity index (χ2n) is 7.00. The van der Waals surface area contributed by atoms with Gasteiger partial charge in [0, 0.05) is 34.5 Å². The van der Waals surface area contributed by atoms with Crippen LogP contribution in [0.3, 0.4) is 0 Å². The highest BCUT2D eigenvalue weighted by Crippen LogP contribution is 2.45. The third kappa shape index (κ3) is 5.49. The molecule has 0 aliphatic heterocycles. The molecule has 1 fully saturated rings. The molecule has 0 spiro atoms. The number of hydrogen-bond acceptors (Lipinski definition) is 3. The van der Waals surface area contributed by atoms with E-state index in [1.165, 1.54) is 36.1 Å². The Labute approximate surface area is 160 Å². The SMILES string of the molecule is Cc1ccc(SC2(CN=C(N)NCCc3ccccn3)CCCC2)cc1. The second-order valence-corrected chi connectivity index (χ2v) is 8.55. The molecule has 1 aromatic carbocycles. The van der Waals surface area contributed by atoms with Crippen LogP contribution >= 0.6 is 11.8 Å². The van der Waals surface area contributed by atoms with E-state index in [-0.39, 0.29) is 4.75 Å². The molecule has 2 aromatic rings. The van der Waals surface area contributed by atoms with Gasteiger partial charge in [-0.2, -0.15) is 0 Å². The van der Waals surface area contributed by atoms with Crippen LogP contribution in [0.15, 0.2) is 58.5 Å². The molecule has 138 valence electrons. The van der Waals surface area contributed by atoms with Gasteiger partial charge in [-0.3, -0.25) is 9.98 Å². The molecule has 0 atom stereocenters. The number of nitrogens with two attached hydrogens (primary N) is 1. The summed E-state index contributed by atoms with van der Waals surface area (Å²) in [5, 5.41) is 3.22. The first-order chi connectivity index (χ1) is 12.7. The molecule has 0 saturated heterocycles. The third-order valence-corrected chi connectivity index (χ3v) is 6.30. The van der Waals surface area contributed by atoms with Gasteiger partial charge in [0.2, 0.25) is 0 Å².